The van der Waals surface area contributed by atoms with Crippen molar-refractivity contribution in [3.63, 3.8) is 0 Å². The first-order valence-corrected chi connectivity index (χ1v) is 6.18. The van der Waals surface area contributed by atoms with Gasteiger partial charge in [0, 0.05) is 12.0 Å². The Labute approximate surface area is 123 Å². The third kappa shape index (κ3) is 3.38. The maximum Gasteiger partial charge on any atom is 0.419 e. The Morgan fingerprint density at radius 3 is 2.27 bits per heavy atom. The van der Waals surface area contributed by atoms with E-state index in [1.54, 1.807) is 0 Å². The second kappa shape index (κ2) is 6.62. The zero-order chi connectivity index (χ0) is 17.1. The van der Waals surface area contributed by atoms with E-state index in [1.165, 1.54) is 13.0 Å². The number of allylic oxidation sites excluding steroid dienone is 1. The third-order valence-corrected chi connectivity index (χ3v) is 3.22. The molecule has 1 aromatic rings. The van der Waals surface area contributed by atoms with Gasteiger partial charge in [-0.2, -0.15) is 17.6 Å². The molecule has 22 heavy (non-hydrogen) atoms. The van der Waals surface area contributed by atoms with Gasteiger partial charge in [0.25, 0.3) is 0 Å². The minimum atomic E-state index is -5.10. The minimum absolute atomic E-state index is 0.139. The van der Waals surface area contributed by atoms with Gasteiger partial charge in [0.05, 0.1) is 13.7 Å². The second-order valence-corrected chi connectivity index (χ2v) is 4.62. The molecule has 0 aliphatic carbocycles. The summed E-state index contributed by atoms with van der Waals surface area (Å²) in [7, 11) is 1.04. The predicted octanol–water partition coefficient (Wildman–Crippen LogP) is 3.05. The fraction of sp³-hybridized carbons (Fsp3) is 0.429. The number of hydrogen-bond acceptors (Lipinski definition) is 3. The fourth-order valence-corrected chi connectivity index (χ4v) is 1.90. The average Bonchev–Trinajstić information content (AvgIpc) is 2.46. The first kappa shape index (κ1) is 18.4. The topological polar surface area (TPSA) is 49.7 Å². The zero-order valence-electron chi connectivity index (χ0n) is 11.8. The quantitative estimate of drug-likeness (QED) is 0.818. The molecule has 0 radical (unpaired) electrons. The van der Waals surface area contributed by atoms with Crippen LogP contribution in [0.4, 0.5) is 22.0 Å². The van der Waals surface area contributed by atoms with E-state index >= 15 is 0 Å². The maximum absolute atomic E-state index is 13.6. The lowest BCUT2D eigenvalue weighted by Gasteiger charge is -2.29. The SMILES string of the molecule is CC=C(CC(O)(CO)C(F)(F)F)c1ccc(F)c(F)c1OC. The number of rotatable bonds is 5. The van der Waals surface area contributed by atoms with Gasteiger partial charge in [0.2, 0.25) is 5.82 Å². The Kier molecular flexibility index (Phi) is 5.53. The third-order valence-electron chi connectivity index (χ3n) is 3.22. The first-order valence-electron chi connectivity index (χ1n) is 6.18. The highest BCUT2D eigenvalue weighted by Gasteiger charge is 2.53. The van der Waals surface area contributed by atoms with E-state index in [2.05, 4.69) is 0 Å². The molecule has 0 saturated carbocycles. The molecule has 0 spiro atoms. The van der Waals surface area contributed by atoms with Crippen molar-refractivity contribution in [1.82, 2.24) is 0 Å². The van der Waals surface area contributed by atoms with Crippen LogP contribution in [0.3, 0.4) is 0 Å². The van der Waals surface area contributed by atoms with Crippen molar-refractivity contribution in [3.8, 4) is 5.75 Å². The van der Waals surface area contributed by atoms with Crippen LogP contribution in [0.1, 0.15) is 18.9 Å². The summed E-state index contributed by atoms with van der Waals surface area (Å²) in [5.74, 6) is -3.14. The van der Waals surface area contributed by atoms with Crippen molar-refractivity contribution < 1.29 is 36.9 Å². The molecule has 0 aliphatic heterocycles. The van der Waals surface area contributed by atoms with E-state index in [0.717, 1.165) is 19.2 Å². The van der Waals surface area contributed by atoms with Crippen LogP contribution in [0, 0.1) is 11.6 Å². The van der Waals surface area contributed by atoms with Gasteiger partial charge >= 0.3 is 6.18 Å². The molecule has 124 valence electrons. The van der Waals surface area contributed by atoms with Gasteiger partial charge < -0.3 is 14.9 Å². The standard InChI is InChI=1S/C14H15F5O3/c1-3-8(6-13(21,7-20)14(17,18)19)9-4-5-10(15)11(16)12(9)22-2/h3-5,20-21H,6-7H2,1-2H3. The van der Waals surface area contributed by atoms with Crippen LogP contribution in [0.15, 0.2) is 18.2 Å². The number of hydrogen-bond donors (Lipinski definition) is 2. The lowest BCUT2D eigenvalue weighted by atomic mass is 9.89. The van der Waals surface area contributed by atoms with Gasteiger partial charge in [-0.15, -0.1) is 0 Å². The molecule has 2 N–H and O–H groups in total. The van der Waals surface area contributed by atoms with Crippen LogP contribution in [0.2, 0.25) is 0 Å². The highest BCUT2D eigenvalue weighted by atomic mass is 19.4. The molecular formula is C14H15F5O3. The van der Waals surface area contributed by atoms with Crippen molar-refractivity contribution in [2.45, 2.75) is 25.1 Å². The van der Waals surface area contributed by atoms with Gasteiger partial charge in [0.15, 0.2) is 17.2 Å². The Bertz CT molecular complexity index is 568. The van der Waals surface area contributed by atoms with E-state index in [1.807, 2.05) is 0 Å². The molecule has 1 rings (SSSR count). The van der Waals surface area contributed by atoms with Gasteiger partial charge in [-0.3, -0.25) is 0 Å². The zero-order valence-corrected chi connectivity index (χ0v) is 11.8. The van der Waals surface area contributed by atoms with Gasteiger partial charge in [-0.25, -0.2) is 4.39 Å². The molecule has 0 fully saturated rings. The van der Waals surface area contributed by atoms with Crippen LogP contribution in [0.5, 0.6) is 5.75 Å². The molecule has 0 heterocycles. The first-order chi connectivity index (χ1) is 10.1. The van der Waals surface area contributed by atoms with Gasteiger partial charge in [-0.1, -0.05) is 6.08 Å². The van der Waals surface area contributed by atoms with E-state index in [9.17, 15) is 27.1 Å². The number of methoxy groups -OCH3 is 1. The monoisotopic (exact) mass is 326 g/mol. The normalized spacial score (nSPS) is 15.6. The number of benzene rings is 1. The Balaban J connectivity index is 3.33. The van der Waals surface area contributed by atoms with Crippen molar-refractivity contribution in [2.75, 3.05) is 13.7 Å². The van der Waals surface area contributed by atoms with Crippen LogP contribution < -0.4 is 4.74 Å². The Morgan fingerprint density at radius 2 is 1.86 bits per heavy atom. The summed E-state index contributed by atoms with van der Waals surface area (Å²) in [6, 6.07) is 1.78. The van der Waals surface area contributed by atoms with Crippen molar-refractivity contribution in [2.24, 2.45) is 0 Å². The molecule has 1 aromatic carbocycles. The molecule has 0 aliphatic rings. The van der Waals surface area contributed by atoms with Gasteiger partial charge in [-0.05, 0) is 24.6 Å². The lowest BCUT2D eigenvalue weighted by Crippen LogP contribution is -2.48. The van der Waals surface area contributed by atoms with Crippen LogP contribution in [-0.2, 0) is 0 Å². The van der Waals surface area contributed by atoms with Crippen LogP contribution in [-0.4, -0.2) is 35.7 Å². The second-order valence-electron chi connectivity index (χ2n) is 4.62. The molecule has 0 bridgehead atoms. The average molecular weight is 326 g/mol. The largest absolute Gasteiger partial charge is 0.493 e. The highest BCUT2D eigenvalue weighted by molar-refractivity contribution is 5.71. The van der Waals surface area contributed by atoms with Crippen molar-refractivity contribution >= 4 is 5.57 Å². The van der Waals surface area contributed by atoms with Crippen molar-refractivity contribution in [3.05, 3.63) is 35.4 Å². The molecule has 8 heteroatoms. The summed E-state index contributed by atoms with van der Waals surface area (Å²) in [6.07, 6.45) is -4.94. The van der Waals surface area contributed by atoms with Gasteiger partial charge in [0.1, 0.15) is 0 Å². The molecule has 1 atom stereocenters. The van der Waals surface area contributed by atoms with Crippen LogP contribution in [0.25, 0.3) is 5.57 Å². The lowest BCUT2D eigenvalue weighted by molar-refractivity contribution is -0.268. The number of aliphatic hydroxyl groups is 2. The summed E-state index contributed by atoms with van der Waals surface area (Å²) in [5, 5.41) is 18.5. The van der Waals surface area contributed by atoms with Crippen molar-refractivity contribution in [1.29, 1.82) is 0 Å². The van der Waals surface area contributed by atoms with E-state index in [4.69, 9.17) is 9.84 Å². The molecule has 1 unspecified atom stereocenters. The Hall–Kier alpha value is -1.67. The molecule has 0 aromatic heterocycles. The summed E-state index contributed by atoms with van der Waals surface area (Å²) in [5.41, 5.74) is -3.69. The maximum atomic E-state index is 13.6. The fourth-order valence-electron chi connectivity index (χ4n) is 1.90. The number of aliphatic hydroxyl groups excluding tert-OH is 1. The van der Waals surface area contributed by atoms with E-state index < -0.39 is 42.2 Å². The van der Waals surface area contributed by atoms with E-state index in [-0.39, 0.29) is 11.1 Å². The summed E-state index contributed by atoms with van der Waals surface area (Å²) < 4.78 is 70.0. The molecular weight excluding hydrogens is 311 g/mol. The minimum Gasteiger partial charge on any atom is -0.493 e. The molecule has 0 saturated heterocycles. The summed E-state index contributed by atoms with van der Waals surface area (Å²) in [6.45, 7) is -0.204. The van der Waals surface area contributed by atoms with E-state index in [0.29, 0.717) is 0 Å². The predicted molar refractivity (Wildman–Crippen MR) is 69.3 cm³/mol. The highest BCUT2D eigenvalue weighted by Crippen LogP contribution is 2.40. The molecule has 0 amide bonds. The summed E-state index contributed by atoms with van der Waals surface area (Å²) in [4.78, 5) is 0. The smallest absolute Gasteiger partial charge is 0.419 e. The number of halogens is 5. The molecule has 3 nitrogen and oxygen atoms in total. The number of ether oxygens (including phenoxy) is 1. The number of alkyl halides is 3. The Morgan fingerprint density at radius 1 is 1.27 bits per heavy atom. The van der Waals surface area contributed by atoms with Crippen LogP contribution >= 0.6 is 0 Å². The summed E-state index contributed by atoms with van der Waals surface area (Å²) >= 11 is 0.